The van der Waals surface area contributed by atoms with Gasteiger partial charge < -0.3 is 10.6 Å². The molecule has 0 fully saturated rings. The summed E-state index contributed by atoms with van der Waals surface area (Å²) in [7, 11) is 0. The Kier molecular flexibility index (Phi) is 9.25. The molecule has 3 aromatic rings. The predicted molar refractivity (Wildman–Crippen MR) is 133 cm³/mol. The van der Waals surface area contributed by atoms with Crippen molar-refractivity contribution in [3.63, 3.8) is 0 Å². The fourth-order valence-electron chi connectivity index (χ4n) is 3.28. The molecule has 5 nitrogen and oxygen atoms in total. The van der Waals surface area contributed by atoms with Gasteiger partial charge in [0, 0.05) is 35.9 Å². The molecule has 0 saturated carbocycles. The van der Waals surface area contributed by atoms with Crippen molar-refractivity contribution < 1.29 is 4.79 Å². The van der Waals surface area contributed by atoms with E-state index >= 15 is 0 Å². The Hall–Kier alpha value is -3.15. The van der Waals surface area contributed by atoms with Crippen LogP contribution in [0.15, 0.2) is 89.7 Å². The van der Waals surface area contributed by atoms with Crippen LogP contribution >= 0.6 is 24.8 Å². The highest BCUT2D eigenvalue weighted by molar-refractivity contribution is 6.15. The Morgan fingerprint density at radius 2 is 1.58 bits per heavy atom. The van der Waals surface area contributed by atoms with Crippen molar-refractivity contribution >= 4 is 54.0 Å². The summed E-state index contributed by atoms with van der Waals surface area (Å²) in [6, 6.07) is 20.9. The largest absolute Gasteiger partial charge is 0.323 e. The van der Waals surface area contributed by atoms with E-state index in [1.165, 1.54) is 5.57 Å². The first-order valence-corrected chi connectivity index (χ1v) is 9.67. The summed E-state index contributed by atoms with van der Waals surface area (Å²) < 4.78 is 0. The number of pyridine rings is 1. The van der Waals surface area contributed by atoms with Gasteiger partial charge in [0.05, 0.1) is 5.71 Å². The summed E-state index contributed by atoms with van der Waals surface area (Å²) in [6.07, 6.45) is 7.84. The number of halogens is 2. The molecular formula is C24H24Cl2N4O. The quantitative estimate of drug-likeness (QED) is 0.489. The molecule has 4 rings (SSSR count). The third kappa shape index (κ3) is 6.67. The zero-order valence-electron chi connectivity index (χ0n) is 16.8. The molecule has 7 heteroatoms. The lowest BCUT2D eigenvalue weighted by Crippen LogP contribution is -2.19. The van der Waals surface area contributed by atoms with Gasteiger partial charge in [-0.15, -0.1) is 24.8 Å². The predicted octanol–water partition coefficient (Wildman–Crippen LogP) is 6.24. The first-order chi connectivity index (χ1) is 14.3. The van der Waals surface area contributed by atoms with E-state index in [4.69, 9.17) is 4.99 Å². The molecule has 0 unspecified atom stereocenters. The number of aromatic nitrogens is 1. The topological polar surface area (TPSA) is 66.4 Å². The van der Waals surface area contributed by atoms with Crippen molar-refractivity contribution in [1.29, 1.82) is 0 Å². The van der Waals surface area contributed by atoms with Gasteiger partial charge in [0.2, 0.25) is 0 Å². The number of nitrogens with one attached hydrogen (secondary N) is 2. The molecule has 0 saturated heterocycles. The summed E-state index contributed by atoms with van der Waals surface area (Å²) in [5, 5.41) is 5.66. The Bertz CT molecular complexity index is 1040. The fourth-order valence-corrected chi connectivity index (χ4v) is 3.28. The third-order valence-corrected chi connectivity index (χ3v) is 4.65. The lowest BCUT2D eigenvalue weighted by atomic mass is 9.95. The average Bonchev–Trinajstić information content (AvgIpc) is 2.77. The van der Waals surface area contributed by atoms with Crippen molar-refractivity contribution in [2.24, 2.45) is 4.99 Å². The normalized spacial score (nSPS) is 13.9. The molecule has 2 heterocycles. The Morgan fingerprint density at radius 3 is 2.26 bits per heavy atom. The number of para-hydroxylation sites is 1. The van der Waals surface area contributed by atoms with E-state index in [0.29, 0.717) is 0 Å². The number of urea groups is 1. The van der Waals surface area contributed by atoms with Gasteiger partial charge in [0.1, 0.15) is 0 Å². The highest BCUT2D eigenvalue weighted by Crippen LogP contribution is 2.22. The standard InChI is InChI=1S/C24H22N4O.2ClH/c29-24(27-21-8-2-1-3-9-21)28-22-12-10-18(11-13-22)16-19-6-5-15-26-23(19)20-7-4-14-25-17-20;;/h1-4,7-14,16-17H,5-6,15H2,(H2,27,28,29);2*1H/b19-16+;;. The molecule has 2 aromatic carbocycles. The lowest BCUT2D eigenvalue weighted by Gasteiger charge is -2.16. The molecule has 0 radical (unpaired) electrons. The van der Waals surface area contributed by atoms with Crippen molar-refractivity contribution in [3.05, 3.63) is 95.8 Å². The van der Waals surface area contributed by atoms with Gasteiger partial charge in [0.25, 0.3) is 0 Å². The number of benzene rings is 2. The van der Waals surface area contributed by atoms with Crippen LogP contribution in [0.1, 0.15) is 24.0 Å². The van der Waals surface area contributed by atoms with E-state index in [2.05, 4.69) is 21.7 Å². The van der Waals surface area contributed by atoms with E-state index < -0.39 is 0 Å². The van der Waals surface area contributed by atoms with Crippen LogP contribution in [0, 0.1) is 0 Å². The summed E-state index contributed by atoms with van der Waals surface area (Å²) >= 11 is 0. The van der Waals surface area contributed by atoms with Gasteiger partial charge in [-0.25, -0.2) is 4.79 Å². The van der Waals surface area contributed by atoms with Crippen molar-refractivity contribution in [3.8, 4) is 0 Å². The number of carbonyl (C=O) groups is 1. The maximum Gasteiger partial charge on any atom is 0.323 e. The highest BCUT2D eigenvalue weighted by atomic mass is 35.5. The van der Waals surface area contributed by atoms with Crippen LogP contribution in [0.3, 0.4) is 0 Å². The van der Waals surface area contributed by atoms with Crippen LogP contribution in [0.2, 0.25) is 0 Å². The molecule has 2 N–H and O–H groups in total. The zero-order chi connectivity index (χ0) is 19.9. The first kappa shape index (κ1) is 24.1. The molecule has 0 atom stereocenters. The molecule has 160 valence electrons. The van der Waals surface area contributed by atoms with Crippen molar-refractivity contribution in [1.82, 2.24) is 4.98 Å². The Morgan fingerprint density at radius 1 is 0.871 bits per heavy atom. The van der Waals surface area contributed by atoms with E-state index in [0.717, 1.165) is 47.6 Å². The van der Waals surface area contributed by atoms with Crippen LogP contribution in [0.25, 0.3) is 6.08 Å². The summed E-state index contributed by atoms with van der Waals surface area (Å²) in [6.45, 7) is 0.848. The number of hydrogen-bond donors (Lipinski definition) is 2. The molecular weight excluding hydrogens is 431 g/mol. The number of carbonyl (C=O) groups excluding carboxylic acids is 1. The maximum atomic E-state index is 12.1. The van der Waals surface area contributed by atoms with Crippen molar-refractivity contribution in [2.75, 3.05) is 17.2 Å². The minimum absolute atomic E-state index is 0. The number of hydrogen-bond acceptors (Lipinski definition) is 3. The first-order valence-electron chi connectivity index (χ1n) is 9.67. The van der Waals surface area contributed by atoms with Gasteiger partial charge >= 0.3 is 6.03 Å². The average molecular weight is 455 g/mol. The molecule has 1 aliphatic heterocycles. The second kappa shape index (κ2) is 11.9. The molecule has 0 bridgehead atoms. The van der Waals surface area contributed by atoms with Crippen LogP contribution in [-0.2, 0) is 0 Å². The number of aliphatic imine (C=N–C) groups is 1. The number of anilines is 2. The second-order valence-corrected chi connectivity index (χ2v) is 6.81. The third-order valence-electron chi connectivity index (χ3n) is 4.65. The van der Waals surface area contributed by atoms with Gasteiger partial charge in [0.15, 0.2) is 0 Å². The summed E-state index contributed by atoms with van der Waals surface area (Å²) in [4.78, 5) is 21.1. The van der Waals surface area contributed by atoms with Crippen LogP contribution in [0.5, 0.6) is 0 Å². The smallest absolute Gasteiger partial charge is 0.308 e. The van der Waals surface area contributed by atoms with Gasteiger partial charge in [-0.3, -0.25) is 9.98 Å². The summed E-state index contributed by atoms with van der Waals surface area (Å²) in [5.74, 6) is 0. The van der Waals surface area contributed by atoms with E-state index in [1.807, 2.05) is 72.9 Å². The number of allylic oxidation sites excluding steroid dienone is 1. The lowest BCUT2D eigenvalue weighted by molar-refractivity contribution is 0.262. The van der Waals surface area contributed by atoms with Gasteiger partial charge in [-0.05, 0) is 66.5 Å². The minimum atomic E-state index is -0.263. The maximum absolute atomic E-state index is 12.1. The Balaban J connectivity index is 0.00000171. The summed E-state index contributed by atoms with van der Waals surface area (Å²) in [5.41, 5.74) is 5.86. The van der Waals surface area contributed by atoms with Gasteiger partial charge in [-0.2, -0.15) is 0 Å². The number of rotatable bonds is 4. The molecule has 2 amide bonds. The van der Waals surface area contributed by atoms with E-state index in [9.17, 15) is 4.79 Å². The minimum Gasteiger partial charge on any atom is -0.308 e. The molecule has 1 aromatic heterocycles. The molecule has 31 heavy (non-hydrogen) atoms. The Labute approximate surface area is 194 Å². The molecule has 0 aliphatic carbocycles. The number of amides is 2. The van der Waals surface area contributed by atoms with Crippen LogP contribution < -0.4 is 10.6 Å². The monoisotopic (exact) mass is 454 g/mol. The SMILES string of the molecule is Cl.Cl.O=C(Nc1ccccc1)Nc1ccc(/C=C2\CCCN=C2c2cccnc2)cc1. The zero-order valence-corrected chi connectivity index (χ0v) is 18.5. The van der Waals surface area contributed by atoms with Crippen LogP contribution in [-0.4, -0.2) is 23.3 Å². The highest BCUT2D eigenvalue weighted by Gasteiger charge is 2.14. The second-order valence-electron chi connectivity index (χ2n) is 6.81. The number of nitrogens with zero attached hydrogens (tertiary/aromatic N) is 2. The van der Waals surface area contributed by atoms with E-state index in [-0.39, 0.29) is 30.8 Å². The van der Waals surface area contributed by atoms with Gasteiger partial charge in [-0.1, -0.05) is 30.3 Å². The van der Waals surface area contributed by atoms with Crippen LogP contribution in [0.4, 0.5) is 16.2 Å². The van der Waals surface area contributed by atoms with Crippen molar-refractivity contribution in [2.45, 2.75) is 12.8 Å². The molecule has 0 spiro atoms. The molecule has 1 aliphatic rings. The fraction of sp³-hybridized carbons (Fsp3) is 0.125. The van der Waals surface area contributed by atoms with E-state index in [1.54, 1.807) is 6.20 Å².